The summed E-state index contributed by atoms with van der Waals surface area (Å²) in [5.41, 5.74) is 0.579. The minimum Gasteiger partial charge on any atom is -0.481 e. The number of halogens is 3. The highest BCUT2D eigenvalue weighted by Crippen LogP contribution is 2.29. The quantitative estimate of drug-likeness (QED) is 0.890. The summed E-state index contributed by atoms with van der Waals surface area (Å²) in [6, 6.07) is 5.36. The molecule has 1 aromatic heterocycles. The van der Waals surface area contributed by atoms with E-state index in [0.29, 0.717) is 18.5 Å². The number of rotatable bonds is 4. The van der Waals surface area contributed by atoms with Crippen LogP contribution in [0.1, 0.15) is 35.5 Å². The highest BCUT2D eigenvalue weighted by atomic mass is 19.4. The zero-order chi connectivity index (χ0) is 18.9. The van der Waals surface area contributed by atoms with Gasteiger partial charge in [0.2, 0.25) is 5.82 Å². The number of likely N-dealkylation sites (tertiary alicyclic amines) is 1. The van der Waals surface area contributed by atoms with E-state index in [2.05, 4.69) is 14.7 Å². The average Bonchev–Trinajstić information content (AvgIpc) is 3.23. The lowest BCUT2D eigenvalue weighted by atomic mass is 10.1. The second-order valence-electron chi connectivity index (χ2n) is 5.89. The molecule has 1 saturated heterocycles. The maximum absolute atomic E-state index is 12.6. The summed E-state index contributed by atoms with van der Waals surface area (Å²) in [4.78, 5) is 28.2. The molecule has 10 heteroatoms. The molecule has 0 radical (unpaired) electrons. The molecule has 2 aromatic rings. The first-order chi connectivity index (χ1) is 12.3. The number of hydrogen-bond donors (Lipinski definition) is 1. The molecule has 26 heavy (non-hydrogen) atoms. The third-order valence-corrected chi connectivity index (χ3v) is 4.11. The molecular formula is C16H14F3N3O4. The Balaban J connectivity index is 1.76. The topological polar surface area (TPSA) is 96.5 Å². The van der Waals surface area contributed by atoms with Crippen molar-refractivity contribution < 1.29 is 32.4 Å². The van der Waals surface area contributed by atoms with Gasteiger partial charge in [0, 0.05) is 23.7 Å². The van der Waals surface area contributed by atoms with Crippen LogP contribution in [-0.2, 0) is 11.0 Å². The lowest BCUT2D eigenvalue weighted by Gasteiger charge is -2.23. The van der Waals surface area contributed by atoms with E-state index in [4.69, 9.17) is 5.11 Å². The first kappa shape index (κ1) is 17.9. The van der Waals surface area contributed by atoms with Gasteiger partial charge in [-0.05, 0) is 25.0 Å². The summed E-state index contributed by atoms with van der Waals surface area (Å²) in [6.45, 7) is 0.471. The van der Waals surface area contributed by atoms with E-state index in [1.54, 1.807) is 0 Å². The molecule has 0 aliphatic carbocycles. The van der Waals surface area contributed by atoms with Crippen LogP contribution < -0.4 is 0 Å². The smallest absolute Gasteiger partial charge is 0.471 e. The maximum atomic E-state index is 12.6. The van der Waals surface area contributed by atoms with Crippen LogP contribution in [-0.4, -0.2) is 44.6 Å². The number of nitrogens with zero attached hydrogens (tertiary/aromatic N) is 3. The molecule has 1 atom stereocenters. The van der Waals surface area contributed by atoms with Crippen LogP contribution in [0.25, 0.3) is 11.4 Å². The Labute approximate surface area is 145 Å². The van der Waals surface area contributed by atoms with E-state index in [-0.39, 0.29) is 29.8 Å². The minimum atomic E-state index is -4.73. The van der Waals surface area contributed by atoms with Crippen molar-refractivity contribution in [3.63, 3.8) is 0 Å². The summed E-state index contributed by atoms with van der Waals surface area (Å²) in [5, 5.41) is 12.2. The first-order valence-electron chi connectivity index (χ1n) is 7.80. The van der Waals surface area contributed by atoms with Gasteiger partial charge in [-0.3, -0.25) is 9.59 Å². The van der Waals surface area contributed by atoms with E-state index in [0.717, 1.165) is 6.42 Å². The summed E-state index contributed by atoms with van der Waals surface area (Å²) < 4.78 is 41.7. The highest BCUT2D eigenvalue weighted by molar-refractivity contribution is 5.95. The molecule has 1 aromatic carbocycles. The molecule has 1 aliphatic heterocycles. The standard InChI is InChI=1S/C16H14F3N3O4/c17-16(18,19)15-20-13(21-26-15)9-3-5-10(6-4-9)14(25)22-7-1-2-11(22)8-12(23)24/h3-6,11H,1-2,7-8H2,(H,23,24). The van der Waals surface area contributed by atoms with E-state index in [1.807, 2.05) is 0 Å². The average molecular weight is 369 g/mol. The van der Waals surface area contributed by atoms with Crippen LogP contribution in [0, 0.1) is 0 Å². The zero-order valence-corrected chi connectivity index (χ0v) is 13.4. The van der Waals surface area contributed by atoms with E-state index < -0.39 is 18.0 Å². The normalized spacial score (nSPS) is 17.5. The predicted octanol–water partition coefficient (Wildman–Crippen LogP) is 2.83. The number of hydrogen-bond acceptors (Lipinski definition) is 5. The highest BCUT2D eigenvalue weighted by Gasteiger charge is 2.38. The van der Waals surface area contributed by atoms with Crippen molar-refractivity contribution in [3.8, 4) is 11.4 Å². The Morgan fingerprint density at radius 1 is 1.27 bits per heavy atom. The van der Waals surface area contributed by atoms with Gasteiger partial charge in [-0.1, -0.05) is 17.3 Å². The van der Waals surface area contributed by atoms with Gasteiger partial charge < -0.3 is 14.5 Å². The number of carboxylic acid groups (broad SMARTS) is 1. The fourth-order valence-electron chi connectivity index (χ4n) is 2.90. The fraction of sp³-hybridized carbons (Fsp3) is 0.375. The van der Waals surface area contributed by atoms with Crippen LogP contribution in [0.2, 0.25) is 0 Å². The molecule has 3 rings (SSSR count). The third kappa shape index (κ3) is 3.68. The van der Waals surface area contributed by atoms with Crippen LogP contribution >= 0.6 is 0 Å². The number of carbonyl (C=O) groups excluding carboxylic acids is 1. The van der Waals surface area contributed by atoms with Gasteiger partial charge in [-0.15, -0.1) is 0 Å². The van der Waals surface area contributed by atoms with Crippen molar-refractivity contribution in [1.29, 1.82) is 0 Å². The van der Waals surface area contributed by atoms with Crippen LogP contribution in [0.4, 0.5) is 13.2 Å². The molecule has 2 heterocycles. The zero-order valence-electron chi connectivity index (χ0n) is 13.4. The second-order valence-corrected chi connectivity index (χ2v) is 5.89. The number of alkyl halides is 3. The largest absolute Gasteiger partial charge is 0.481 e. The van der Waals surface area contributed by atoms with Gasteiger partial charge in [0.25, 0.3) is 5.91 Å². The van der Waals surface area contributed by atoms with Crippen LogP contribution in [0.5, 0.6) is 0 Å². The summed E-state index contributed by atoms with van der Waals surface area (Å²) in [6.07, 6.45) is -3.49. The molecule has 0 spiro atoms. The van der Waals surface area contributed by atoms with Crippen molar-refractivity contribution >= 4 is 11.9 Å². The second kappa shape index (κ2) is 6.77. The Hall–Kier alpha value is -2.91. The van der Waals surface area contributed by atoms with Gasteiger partial charge in [-0.2, -0.15) is 18.2 Å². The molecule has 0 bridgehead atoms. The van der Waals surface area contributed by atoms with Crippen LogP contribution in [0.3, 0.4) is 0 Å². The lowest BCUT2D eigenvalue weighted by molar-refractivity contribution is -0.159. The van der Waals surface area contributed by atoms with Gasteiger partial charge in [0.1, 0.15) is 0 Å². The predicted molar refractivity (Wildman–Crippen MR) is 81.0 cm³/mol. The molecule has 0 saturated carbocycles. The Morgan fingerprint density at radius 3 is 2.54 bits per heavy atom. The third-order valence-electron chi connectivity index (χ3n) is 4.11. The Morgan fingerprint density at radius 2 is 1.96 bits per heavy atom. The molecule has 7 nitrogen and oxygen atoms in total. The Kier molecular flexibility index (Phi) is 4.66. The number of carbonyl (C=O) groups is 2. The number of aliphatic carboxylic acids is 1. The number of amides is 1. The number of benzene rings is 1. The van der Waals surface area contributed by atoms with Crippen molar-refractivity contribution in [3.05, 3.63) is 35.7 Å². The SMILES string of the molecule is O=C(O)CC1CCCN1C(=O)c1ccc(-c2noc(C(F)(F)F)n2)cc1. The molecule has 1 N–H and O–H groups in total. The molecular weight excluding hydrogens is 355 g/mol. The number of aromatic nitrogens is 2. The van der Waals surface area contributed by atoms with Crippen molar-refractivity contribution in [2.24, 2.45) is 0 Å². The van der Waals surface area contributed by atoms with E-state index in [1.165, 1.54) is 29.2 Å². The first-order valence-corrected chi connectivity index (χ1v) is 7.80. The maximum Gasteiger partial charge on any atom is 0.471 e. The number of carboxylic acids is 1. The summed E-state index contributed by atoms with van der Waals surface area (Å²) in [5.74, 6) is -2.96. The van der Waals surface area contributed by atoms with Gasteiger partial charge in [0.05, 0.1) is 6.42 Å². The van der Waals surface area contributed by atoms with E-state index >= 15 is 0 Å². The van der Waals surface area contributed by atoms with Crippen molar-refractivity contribution in [1.82, 2.24) is 15.0 Å². The van der Waals surface area contributed by atoms with Crippen molar-refractivity contribution in [2.75, 3.05) is 6.54 Å². The lowest BCUT2D eigenvalue weighted by Crippen LogP contribution is -2.36. The van der Waals surface area contributed by atoms with Crippen LogP contribution in [0.15, 0.2) is 28.8 Å². The fourth-order valence-corrected chi connectivity index (χ4v) is 2.90. The molecule has 1 amide bonds. The molecule has 1 unspecified atom stereocenters. The van der Waals surface area contributed by atoms with Gasteiger partial charge in [0.15, 0.2) is 0 Å². The molecule has 138 valence electrons. The monoisotopic (exact) mass is 369 g/mol. The Bertz CT molecular complexity index is 817. The van der Waals surface area contributed by atoms with E-state index in [9.17, 15) is 22.8 Å². The minimum absolute atomic E-state index is 0.118. The molecule has 1 fully saturated rings. The summed E-state index contributed by atoms with van der Waals surface area (Å²) in [7, 11) is 0. The van der Waals surface area contributed by atoms with Gasteiger partial charge in [-0.25, -0.2) is 0 Å². The molecule has 1 aliphatic rings. The summed E-state index contributed by atoms with van der Waals surface area (Å²) >= 11 is 0. The van der Waals surface area contributed by atoms with Crippen molar-refractivity contribution in [2.45, 2.75) is 31.5 Å². The van der Waals surface area contributed by atoms with Gasteiger partial charge >= 0.3 is 18.0 Å².